The molecule has 0 rings (SSSR count). The highest BCUT2D eigenvalue weighted by Crippen LogP contribution is 2.19. The number of carboxylic acid groups (broad SMARTS) is 1. The van der Waals surface area contributed by atoms with Crippen molar-refractivity contribution in [3.8, 4) is 0 Å². The maximum Gasteiger partial charge on any atom is 0.361 e. The average Bonchev–Trinajstić information content (AvgIpc) is 3.40. The van der Waals surface area contributed by atoms with E-state index in [1.54, 1.807) is 0 Å². The van der Waals surface area contributed by atoms with Crippen LogP contribution < -0.4 is 0 Å². The van der Waals surface area contributed by atoms with Gasteiger partial charge >= 0.3 is 17.9 Å². The fraction of sp³-hybridized carbons (Fsp3) is 0.868. The third-order valence-electron chi connectivity index (χ3n) is 14.9. The van der Waals surface area contributed by atoms with Crippen LogP contribution in [0.15, 0.2) is 36.5 Å². The molecule has 9 nitrogen and oxygen atoms in total. The number of carbonyl (C=O) groups excluding carboxylic acids is 2. The largest absolute Gasteiger partial charge is 0.477 e. The second-order valence-corrected chi connectivity index (χ2v) is 23.8. The van der Waals surface area contributed by atoms with E-state index in [-0.39, 0.29) is 32.2 Å². The molecule has 0 aliphatic rings. The van der Waals surface area contributed by atoms with Gasteiger partial charge in [-0.15, -0.1) is 0 Å². The molecule has 2 unspecified atom stereocenters. The van der Waals surface area contributed by atoms with E-state index in [2.05, 4.69) is 50.3 Å². The normalized spacial score (nSPS) is 12.9. The van der Waals surface area contributed by atoms with E-state index in [0.29, 0.717) is 23.9 Å². The molecular weight excluding hydrogens is 959 g/mol. The van der Waals surface area contributed by atoms with E-state index in [1.165, 1.54) is 231 Å². The molecule has 452 valence electrons. The van der Waals surface area contributed by atoms with Crippen LogP contribution in [0.3, 0.4) is 0 Å². The summed E-state index contributed by atoms with van der Waals surface area (Å²) in [6.45, 7) is 4.76. The Morgan fingerprint density at radius 1 is 0.403 bits per heavy atom. The summed E-state index contributed by atoms with van der Waals surface area (Å²) in [5, 5.41) is 9.69. The molecule has 0 radical (unpaired) electrons. The van der Waals surface area contributed by atoms with Gasteiger partial charge in [-0.25, -0.2) is 4.79 Å². The molecule has 0 aliphatic carbocycles. The van der Waals surface area contributed by atoms with Crippen LogP contribution in [0.5, 0.6) is 0 Å². The summed E-state index contributed by atoms with van der Waals surface area (Å²) >= 11 is 0. The number of carboxylic acids is 1. The first-order valence-corrected chi connectivity index (χ1v) is 33.2. The van der Waals surface area contributed by atoms with Crippen LogP contribution in [0.1, 0.15) is 322 Å². The van der Waals surface area contributed by atoms with Crippen LogP contribution in [0.2, 0.25) is 0 Å². The third kappa shape index (κ3) is 61.0. The Balaban J connectivity index is 3.87. The van der Waals surface area contributed by atoms with E-state index >= 15 is 0 Å². The Bertz CT molecular complexity index is 1360. The van der Waals surface area contributed by atoms with Crippen molar-refractivity contribution in [2.24, 2.45) is 0 Å². The number of hydrogen-bond donors (Lipinski definition) is 1. The summed E-state index contributed by atoms with van der Waals surface area (Å²) in [5.41, 5.74) is 0. The standard InChI is InChI=1S/C68H127NO8/c1-6-8-10-12-14-16-18-20-21-22-23-24-25-26-27-28-29-30-31-32-33-34-35-36-37-38-39-40-41-42-43-44-45-47-48-50-52-54-56-58-65(70)75-62-64(63-76-68(67(72)73)74-61-60-69(3,4)5)77-66(71)59-57-55-53-51-49-46-19-17-15-13-11-9-7-2/h9,11,15,17,46,49,64,68H,6-8,10,12-14,16,18-45,47-48,50-63H2,1-5H3/p+1/b11-9-,17-15-,49-46-. The first-order chi connectivity index (χ1) is 37.6. The van der Waals surface area contributed by atoms with Crippen LogP contribution in [0.4, 0.5) is 0 Å². The molecule has 0 amide bonds. The minimum Gasteiger partial charge on any atom is -0.477 e. The van der Waals surface area contributed by atoms with Gasteiger partial charge in [-0.1, -0.05) is 301 Å². The zero-order chi connectivity index (χ0) is 56.2. The molecule has 1 N–H and O–H groups in total. The summed E-state index contributed by atoms with van der Waals surface area (Å²) in [4.78, 5) is 37.4. The topological polar surface area (TPSA) is 108 Å². The van der Waals surface area contributed by atoms with Crippen molar-refractivity contribution in [2.75, 3.05) is 47.5 Å². The molecule has 0 aromatic rings. The quantitative estimate of drug-likeness (QED) is 0.0211. The number of carbonyl (C=O) groups is 3. The van der Waals surface area contributed by atoms with Gasteiger partial charge in [0.05, 0.1) is 34.4 Å². The number of aliphatic carboxylic acids is 1. The number of rotatable bonds is 62. The smallest absolute Gasteiger partial charge is 0.361 e. The lowest BCUT2D eigenvalue weighted by molar-refractivity contribution is -0.870. The van der Waals surface area contributed by atoms with Gasteiger partial charge < -0.3 is 28.5 Å². The fourth-order valence-corrected chi connectivity index (χ4v) is 9.86. The maximum absolute atomic E-state index is 12.8. The van der Waals surface area contributed by atoms with Gasteiger partial charge in [-0.2, -0.15) is 0 Å². The Labute approximate surface area is 477 Å². The molecule has 0 saturated carbocycles. The maximum atomic E-state index is 12.8. The predicted octanol–water partition coefficient (Wildman–Crippen LogP) is 20.0. The van der Waals surface area contributed by atoms with E-state index in [1.807, 2.05) is 21.1 Å². The summed E-state index contributed by atoms with van der Waals surface area (Å²) in [7, 11) is 5.96. The number of nitrogens with zero attached hydrogens (tertiary/aromatic N) is 1. The van der Waals surface area contributed by atoms with E-state index in [0.717, 1.165) is 57.8 Å². The lowest BCUT2D eigenvalue weighted by Crippen LogP contribution is -2.40. The van der Waals surface area contributed by atoms with E-state index < -0.39 is 24.3 Å². The van der Waals surface area contributed by atoms with Crippen LogP contribution in [-0.2, 0) is 33.3 Å². The third-order valence-corrected chi connectivity index (χ3v) is 14.9. The van der Waals surface area contributed by atoms with E-state index in [9.17, 15) is 19.5 Å². The van der Waals surface area contributed by atoms with Crippen molar-refractivity contribution in [1.82, 2.24) is 0 Å². The number of allylic oxidation sites excluding steroid dienone is 6. The van der Waals surface area contributed by atoms with Crippen molar-refractivity contribution in [3.63, 3.8) is 0 Å². The predicted molar refractivity (Wildman–Crippen MR) is 327 cm³/mol. The first kappa shape index (κ1) is 74.5. The Morgan fingerprint density at radius 2 is 0.740 bits per heavy atom. The van der Waals surface area contributed by atoms with Crippen molar-refractivity contribution >= 4 is 17.9 Å². The molecule has 0 aromatic heterocycles. The second-order valence-electron chi connectivity index (χ2n) is 23.8. The number of quaternary nitrogens is 1. The molecule has 0 aliphatic heterocycles. The molecule has 0 heterocycles. The van der Waals surface area contributed by atoms with Gasteiger partial charge in [-0.3, -0.25) is 9.59 Å². The Kier molecular flexibility index (Phi) is 57.7. The molecule has 0 saturated heterocycles. The molecule has 2 atom stereocenters. The highest BCUT2D eigenvalue weighted by molar-refractivity contribution is 5.71. The van der Waals surface area contributed by atoms with Gasteiger partial charge in [0.15, 0.2) is 6.10 Å². The highest BCUT2D eigenvalue weighted by Gasteiger charge is 2.25. The number of ether oxygens (including phenoxy) is 4. The first-order valence-electron chi connectivity index (χ1n) is 33.2. The van der Waals surface area contributed by atoms with Crippen LogP contribution in [0.25, 0.3) is 0 Å². The highest BCUT2D eigenvalue weighted by atomic mass is 16.7. The Morgan fingerprint density at radius 3 is 1.10 bits per heavy atom. The molecule has 9 heteroatoms. The lowest BCUT2D eigenvalue weighted by Gasteiger charge is -2.25. The average molecular weight is 1090 g/mol. The van der Waals surface area contributed by atoms with Crippen molar-refractivity contribution in [3.05, 3.63) is 36.5 Å². The number of unbranched alkanes of at least 4 members (excludes halogenated alkanes) is 41. The summed E-state index contributed by atoms with van der Waals surface area (Å²) < 4.78 is 22.8. The number of hydrogen-bond acceptors (Lipinski definition) is 7. The van der Waals surface area contributed by atoms with Crippen molar-refractivity contribution in [2.45, 2.75) is 334 Å². The minimum absolute atomic E-state index is 0.183. The molecule has 0 fully saturated rings. The van der Waals surface area contributed by atoms with Gasteiger partial charge in [-0.05, 0) is 44.9 Å². The number of likely N-dealkylation sites (N-methyl/N-ethyl adjacent to an activating group) is 1. The van der Waals surface area contributed by atoms with E-state index in [4.69, 9.17) is 18.9 Å². The molecule has 0 spiro atoms. The van der Waals surface area contributed by atoms with Crippen LogP contribution in [-0.4, -0.2) is 87.4 Å². The van der Waals surface area contributed by atoms with Crippen LogP contribution in [0, 0.1) is 0 Å². The lowest BCUT2D eigenvalue weighted by atomic mass is 10.0. The SMILES string of the molecule is CC/C=C\C/C=C\C/C=C\CCCCCC(=O)OC(COC(=O)CCCCCCCCCCCCCCCCCCCCCCCCCCCCCCCCCCCCCCCCC)COC(OCC[N+](C)(C)C)C(=O)O. The van der Waals surface area contributed by atoms with Crippen molar-refractivity contribution in [1.29, 1.82) is 0 Å². The monoisotopic (exact) mass is 1090 g/mol. The summed E-state index contributed by atoms with van der Waals surface area (Å²) in [6, 6.07) is 0. The molecule has 0 bridgehead atoms. The van der Waals surface area contributed by atoms with Crippen LogP contribution >= 0.6 is 0 Å². The molecule has 0 aromatic carbocycles. The van der Waals surface area contributed by atoms with Crippen molar-refractivity contribution < 1.29 is 42.9 Å². The Hall–Kier alpha value is -2.49. The fourth-order valence-electron chi connectivity index (χ4n) is 9.86. The van der Waals surface area contributed by atoms with Gasteiger partial charge in [0.1, 0.15) is 13.2 Å². The second kappa shape index (κ2) is 59.6. The summed E-state index contributed by atoms with van der Waals surface area (Å²) in [6.07, 6.45) is 71.6. The number of esters is 2. The van der Waals surface area contributed by atoms with Gasteiger partial charge in [0.2, 0.25) is 0 Å². The zero-order valence-corrected chi connectivity index (χ0v) is 51.6. The zero-order valence-electron chi connectivity index (χ0n) is 51.6. The van der Waals surface area contributed by atoms with Gasteiger partial charge in [0, 0.05) is 12.8 Å². The molecule has 77 heavy (non-hydrogen) atoms. The molecular formula is C68H128NO8+. The minimum atomic E-state index is -1.52. The van der Waals surface area contributed by atoms with Gasteiger partial charge in [0.25, 0.3) is 6.29 Å². The summed E-state index contributed by atoms with van der Waals surface area (Å²) in [5.74, 6) is -2.03.